The number of anilines is 1. The molecule has 1 aliphatic rings. The van der Waals surface area contributed by atoms with Crippen LogP contribution in [0.3, 0.4) is 0 Å². The Morgan fingerprint density at radius 2 is 1.74 bits per heavy atom. The number of amides is 1. The lowest BCUT2D eigenvalue weighted by molar-refractivity contribution is -0.111. The van der Waals surface area contributed by atoms with Crippen molar-refractivity contribution < 1.29 is 27.1 Å². The fourth-order valence-electron chi connectivity index (χ4n) is 4.05. The number of nitrogens with zero attached hydrogens (tertiary/aromatic N) is 1. The van der Waals surface area contributed by atoms with Crippen LogP contribution >= 0.6 is 0 Å². The van der Waals surface area contributed by atoms with Crippen molar-refractivity contribution in [1.82, 2.24) is 4.31 Å². The molecule has 0 bridgehead atoms. The number of hydrogen-bond donors (Lipinski definition) is 1. The molecule has 8 nitrogen and oxygen atoms in total. The van der Waals surface area contributed by atoms with E-state index in [9.17, 15) is 13.2 Å². The highest BCUT2D eigenvalue weighted by Crippen LogP contribution is 2.36. The van der Waals surface area contributed by atoms with Gasteiger partial charge in [0.25, 0.3) is 0 Å². The number of carbonyl (C=O) groups is 1. The second-order valence-corrected chi connectivity index (χ2v) is 9.99. The zero-order valence-electron chi connectivity index (χ0n) is 19.1. The maximum absolute atomic E-state index is 12.7. The van der Waals surface area contributed by atoms with E-state index in [1.54, 1.807) is 43.5 Å². The molecule has 0 unspecified atom stereocenters. The fraction of sp³-hybridized carbons (Fsp3) is 0.192. The van der Waals surface area contributed by atoms with Crippen LogP contribution in [0, 0.1) is 0 Å². The van der Waals surface area contributed by atoms with Gasteiger partial charge in [-0.15, -0.1) is 0 Å². The van der Waals surface area contributed by atoms with E-state index in [4.69, 9.17) is 13.9 Å². The molecular weight excluding hydrogens is 468 g/mol. The van der Waals surface area contributed by atoms with Gasteiger partial charge >= 0.3 is 0 Å². The van der Waals surface area contributed by atoms with Gasteiger partial charge in [0, 0.05) is 36.0 Å². The topological polar surface area (TPSA) is 98.1 Å². The van der Waals surface area contributed by atoms with Crippen LogP contribution in [0.1, 0.15) is 5.56 Å². The number of carbonyl (C=O) groups excluding carboxylic acids is 1. The summed E-state index contributed by atoms with van der Waals surface area (Å²) >= 11 is 0. The molecule has 1 saturated heterocycles. The lowest BCUT2D eigenvalue weighted by Crippen LogP contribution is -2.40. The number of ether oxygens (including phenoxy) is 2. The molecule has 0 aliphatic carbocycles. The maximum Gasteiger partial charge on any atom is 0.248 e. The quantitative estimate of drug-likeness (QED) is 0.404. The second-order valence-electron chi connectivity index (χ2n) is 8.05. The summed E-state index contributed by atoms with van der Waals surface area (Å²) in [5.74, 6) is 0.159. The lowest BCUT2D eigenvalue weighted by Gasteiger charge is -2.26. The summed E-state index contributed by atoms with van der Waals surface area (Å²) in [6, 6.07) is 17.7. The third-order valence-electron chi connectivity index (χ3n) is 5.87. The fourth-order valence-corrected chi connectivity index (χ4v) is 5.46. The number of sulfonamides is 1. The van der Waals surface area contributed by atoms with Crippen LogP contribution < -0.4 is 10.1 Å². The molecule has 1 aromatic heterocycles. The highest BCUT2D eigenvalue weighted by Gasteiger charge is 2.26. The van der Waals surface area contributed by atoms with Gasteiger partial charge in [-0.1, -0.05) is 30.3 Å². The summed E-state index contributed by atoms with van der Waals surface area (Å²) < 4.78 is 43.5. The molecule has 1 N–H and O–H groups in total. The molecule has 3 aromatic carbocycles. The van der Waals surface area contributed by atoms with Crippen LogP contribution in [0.25, 0.3) is 28.0 Å². The van der Waals surface area contributed by atoms with Crippen molar-refractivity contribution >= 4 is 49.6 Å². The second kappa shape index (κ2) is 9.53. The van der Waals surface area contributed by atoms with Crippen LogP contribution in [0.5, 0.6) is 5.75 Å². The highest BCUT2D eigenvalue weighted by atomic mass is 32.2. The SMILES string of the molecule is COc1cc2c(cc1NC(=O)/C=C/c1ccc(S(=O)(=O)N3CCOCC3)cc1)oc1ccccc12. The molecule has 4 aromatic rings. The standard InChI is InChI=1S/C26H24N2O6S/c1-32-25-16-21-20-4-2-3-5-23(20)34-24(21)17-22(25)27-26(29)11-8-18-6-9-19(10-7-18)35(30,31)28-12-14-33-15-13-28/h2-11,16-17H,12-15H2,1H3,(H,27,29)/b11-8+. The first kappa shape index (κ1) is 23.1. The molecule has 0 spiro atoms. The van der Waals surface area contributed by atoms with Crippen molar-refractivity contribution in [3.63, 3.8) is 0 Å². The third kappa shape index (κ3) is 4.66. The zero-order valence-corrected chi connectivity index (χ0v) is 19.9. The summed E-state index contributed by atoms with van der Waals surface area (Å²) in [6.07, 6.45) is 3.00. The van der Waals surface area contributed by atoms with Crippen LogP contribution in [-0.4, -0.2) is 52.0 Å². The first-order valence-corrected chi connectivity index (χ1v) is 12.6. The minimum Gasteiger partial charge on any atom is -0.495 e. The van der Waals surface area contributed by atoms with Crippen molar-refractivity contribution in [3.05, 3.63) is 72.3 Å². The third-order valence-corrected chi connectivity index (χ3v) is 7.78. The molecule has 35 heavy (non-hydrogen) atoms. The van der Waals surface area contributed by atoms with Gasteiger partial charge in [-0.25, -0.2) is 8.42 Å². The van der Waals surface area contributed by atoms with Gasteiger partial charge in [0.1, 0.15) is 16.9 Å². The Kier molecular flexibility index (Phi) is 6.29. The number of morpholine rings is 1. The number of para-hydroxylation sites is 1. The van der Waals surface area contributed by atoms with Gasteiger partial charge in [-0.05, 0) is 35.9 Å². The van der Waals surface area contributed by atoms with E-state index in [-0.39, 0.29) is 10.8 Å². The van der Waals surface area contributed by atoms with E-state index in [1.165, 1.54) is 10.4 Å². The molecule has 1 fully saturated rings. The minimum absolute atomic E-state index is 0.213. The summed E-state index contributed by atoms with van der Waals surface area (Å²) in [4.78, 5) is 12.8. The van der Waals surface area contributed by atoms with Crippen molar-refractivity contribution in [2.75, 3.05) is 38.7 Å². The lowest BCUT2D eigenvalue weighted by atomic mass is 10.1. The van der Waals surface area contributed by atoms with Gasteiger partial charge in [0.2, 0.25) is 15.9 Å². The van der Waals surface area contributed by atoms with Gasteiger partial charge in [0.05, 0.1) is 30.9 Å². The molecule has 180 valence electrons. The molecule has 1 aliphatic heterocycles. The Bertz CT molecular complexity index is 1520. The zero-order chi connectivity index (χ0) is 24.4. The van der Waals surface area contributed by atoms with E-state index in [0.29, 0.717) is 48.9 Å². The molecule has 2 heterocycles. The van der Waals surface area contributed by atoms with Crippen LogP contribution in [-0.2, 0) is 19.6 Å². The average Bonchev–Trinajstić information content (AvgIpc) is 3.25. The van der Waals surface area contributed by atoms with E-state index >= 15 is 0 Å². The largest absolute Gasteiger partial charge is 0.495 e. The van der Waals surface area contributed by atoms with E-state index in [0.717, 1.165) is 16.4 Å². The maximum atomic E-state index is 12.7. The summed E-state index contributed by atoms with van der Waals surface area (Å²) in [5.41, 5.74) is 2.58. The average molecular weight is 493 g/mol. The normalized spacial score (nSPS) is 15.1. The van der Waals surface area contributed by atoms with Gasteiger partial charge in [-0.2, -0.15) is 4.31 Å². The number of rotatable bonds is 6. The van der Waals surface area contributed by atoms with Gasteiger partial charge < -0.3 is 19.2 Å². The van der Waals surface area contributed by atoms with E-state index in [2.05, 4.69) is 5.32 Å². The van der Waals surface area contributed by atoms with Crippen molar-refractivity contribution in [1.29, 1.82) is 0 Å². The molecule has 9 heteroatoms. The highest BCUT2D eigenvalue weighted by molar-refractivity contribution is 7.89. The number of hydrogen-bond acceptors (Lipinski definition) is 6. The molecule has 0 saturated carbocycles. The first-order valence-electron chi connectivity index (χ1n) is 11.1. The molecule has 1 amide bonds. The Labute approximate surface area is 202 Å². The van der Waals surface area contributed by atoms with Crippen LogP contribution in [0.2, 0.25) is 0 Å². The van der Waals surface area contributed by atoms with Crippen molar-refractivity contribution in [3.8, 4) is 5.75 Å². The number of nitrogens with one attached hydrogen (secondary N) is 1. The predicted octanol–water partition coefficient (Wildman–Crippen LogP) is 4.27. The summed E-state index contributed by atoms with van der Waals surface area (Å²) in [6.45, 7) is 1.47. The Balaban J connectivity index is 1.31. The van der Waals surface area contributed by atoms with E-state index in [1.807, 2.05) is 30.3 Å². The predicted molar refractivity (Wildman–Crippen MR) is 134 cm³/mol. The number of methoxy groups -OCH3 is 1. The van der Waals surface area contributed by atoms with Gasteiger partial charge in [0.15, 0.2) is 0 Å². The molecular formula is C26H24N2O6S. The van der Waals surface area contributed by atoms with Crippen molar-refractivity contribution in [2.24, 2.45) is 0 Å². The number of fused-ring (bicyclic) bond motifs is 3. The summed E-state index contributed by atoms with van der Waals surface area (Å²) in [7, 11) is -2.02. The van der Waals surface area contributed by atoms with Crippen LogP contribution in [0.4, 0.5) is 5.69 Å². The van der Waals surface area contributed by atoms with Gasteiger partial charge in [-0.3, -0.25) is 4.79 Å². The first-order chi connectivity index (χ1) is 17.0. The number of benzene rings is 3. The van der Waals surface area contributed by atoms with E-state index < -0.39 is 10.0 Å². The number of furan rings is 1. The minimum atomic E-state index is -3.56. The smallest absolute Gasteiger partial charge is 0.248 e. The molecule has 0 radical (unpaired) electrons. The van der Waals surface area contributed by atoms with Crippen molar-refractivity contribution in [2.45, 2.75) is 4.90 Å². The monoisotopic (exact) mass is 492 g/mol. The summed E-state index contributed by atoms with van der Waals surface area (Å²) in [5, 5.41) is 4.69. The Hall–Kier alpha value is -3.66. The Morgan fingerprint density at radius 1 is 1.00 bits per heavy atom. The van der Waals surface area contributed by atoms with Crippen LogP contribution in [0.15, 0.2) is 76.1 Å². The molecule has 0 atom stereocenters. The molecule has 5 rings (SSSR count). The Morgan fingerprint density at radius 3 is 2.49 bits per heavy atom.